The highest BCUT2D eigenvalue weighted by molar-refractivity contribution is 6.31. The van der Waals surface area contributed by atoms with Crippen LogP contribution in [0, 0.1) is 21.7 Å². The van der Waals surface area contributed by atoms with E-state index in [9.17, 15) is 23.7 Å². The Kier molecular flexibility index (Phi) is 5.07. The number of nitro groups is 1. The molecular weight excluding hydrogens is 334 g/mol. The first-order valence-electron chi connectivity index (χ1n) is 6.18. The lowest BCUT2D eigenvalue weighted by molar-refractivity contribution is -0.385. The summed E-state index contributed by atoms with van der Waals surface area (Å²) in [7, 11) is 0. The van der Waals surface area contributed by atoms with Crippen LogP contribution in [-0.2, 0) is 4.79 Å². The third kappa shape index (κ3) is 4.36. The van der Waals surface area contributed by atoms with Crippen molar-refractivity contribution in [3.8, 4) is 5.75 Å². The highest BCUT2D eigenvalue weighted by Crippen LogP contribution is 2.27. The van der Waals surface area contributed by atoms with Crippen molar-refractivity contribution in [2.75, 3.05) is 11.9 Å². The van der Waals surface area contributed by atoms with Gasteiger partial charge in [-0.05, 0) is 24.3 Å². The lowest BCUT2D eigenvalue weighted by Gasteiger charge is -2.08. The summed E-state index contributed by atoms with van der Waals surface area (Å²) in [5.74, 6) is -2.43. The van der Waals surface area contributed by atoms with Crippen LogP contribution in [0.15, 0.2) is 36.4 Å². The second-order valence-electron chi connectivity index (χ2n) is 4.33. The molecule has 1 N–H and O–H groups in total. The Bertz CT molecular complexity index is 770. The molecule has 9 heteroatoms. The molecule has 0 aliphatic heterocycles. The molecule has 0 unspecified atom stereocenters. The molecule has 0 aliphatic carbocycles. The molecule has 0 saturated heterocycles. The first-order valence-corrected chi connectivity index (χ1v) is 6.56. The maximum Gasteiger partial charge on any atom is 0.311 e. The average molecular weight is 343 g/mol. The van der Waals surface area contributed by atoms with Gasteiger partial charge in [0.25, 0.3) is 5.91 Å². The quantitative estimate of drug-likeness (QED) is 0.665. The van der Waals surface area contributed by atoms with Crippen LogP contribution in [0.2, 0.25) is 5.02 Å². The van der Waals surface area contributed by atoms with Crippen LogP contribution < -0.4 is 10.1 Å². The lowest BCUT2D eigenvalue weighted by Crippen LogP contribution is -2.20. The smallest absolute Gasteiger partial charge is 0.311 e. The van der Waals surface area contributed by atoms with Crippen LogP contribution in [0.4, 0.5) is 20.2 Å². The fraction of sp³-hybridized carbons (Fsp3) is 0.0714. The summed E-state index contributed by atoms with van der Waals surface area (Å²) < 4.78 is 31.1. The normalized spacial score (nSPS) is 10.2. The third-order valence-electron chi connectivity index (χ3n) is 2.68. The van der Waals surface area contributed by atoms with E-state index in [1.165, 1.54) is 12.1 Å². The molecule has 0 saturated carbocycles. The van der Waals surface area contributed by atoms with Gasteiger partial charge >= 0.3 is 5.69 Å². The molecular formula is C14H9ClF2N2O4. The Hall–Kier alpha value is -2.74. The molecule has 0 radical (unpaired) electrons. The molecule has 0 aliphatic rings. The highest BCUT2D eigenvalue weighted by atomic mass is 35.5. The summed E-state index contributed by atoms with van der Waals surface area (Å²) in [6.45, 7) is -0.598. The van der Waals surface area contributed by atoms with E-state index in [4.69, 9.17) is 16.3 Å². The van der Waals surface area contributed by atoms with Crippen molar-refractivity contribution in [2.24, 2.45) is 0 Å². The number of nitrogens with zero attached hydrogens (tertiary/aromatic N) is 1. The number of rotatable bonds is 5. The highest BCUT2D eigenvalue weighted by Gasteiger charge is 2.17. The zero-order valence-corrected chi connectivity index (χ0v) is 12.1. The van der Waals surface area contributed by atoms with E-state index in [1.54, 1.807) is 0 Å². The fourth-order valence-electron chi connectivity index (χ4n) is 1.67. The SMILES string of the molecule is O=C(COc1cc(F)ccc1[N+](=O)[O-])Nc1ccc(F)c(Cl)c1. The van der Waals surface area contributed by atoms with E-state index in [0.717, 1.165) is 24.3 Å². The Morgan fingerprint density at radius 3 is 2.65 bits per heavy atom. The number of benzene rings is 2. The van der Waals surface area contributed by atoms with Gasteiger partial charge in [-0.25, -0.2) is 8.78 Å². The van der Waals surface area contributed by atoms with E-state index >= 15 is 0 Å². The monoisotopic (exact) mass is 342 g/mol. The van der Waals surface area contributed by atoms with Crippen molar-refractivity contribution in [1.29, 1.82) is 0 Å². The number of amides is 1. The molecule has 0 atom stereocenters. The van der Waals surface area contributed by atoms with E-state index < -0.39 is 34.8 Å². The average Bonchev–Trinajstić information content (AvgIpc) is 2.48. The van der Waals surface area contributed by atoms with Crippen molar-refractivity contribution in [3.05, 3.63) is 63.2 Å². The van der Waals surface area contributed by atoms with E-state index in [1.807, 2.05) is 0 Å². The van der Waals surface area contributed by atoms with Crippen LogP contribution in [0.1, 0.15) is 0 Å². The fourth-order valence-corrected chi connectivity index (χ4v) is 1.85. The third-order valence-corrected chi connectivity index (χ3v) is 2.97. The molecule has 2 aromatic carbocycles. The summed E-state index contributed by atoms with van der Waals surface area (Å²) in [4.78, 5) is 21.7. The molecule has 0 heterocycles. The summed E-state index contributed by atoms with van der Waals surface area (Å²) in [6, 6.07) is 6.19. The van der Waals surface area contributed by atoms with Crippen molar-refractivity contribution in [3.63, 3.8) is 0 Å². The number of hydrogen-bond acceptors (Lipinski definition) is 4. The van der Waals surface area contributed by atoms with E-state index in [0.29, 0.717) is 0 Å². The first-order chi connectivity index (χ1) is 10.9. The van der Waals surface area contributed by atoms with Gasteiger partial charge in [-0.3, -0.25) is 14.9 Å². The number of halogens is 3. The second kappa shape index (κ2) is 7.01. The van der Waals surface area contributed by atoms with Gasteiger partial charge in [-0.15, -0.1) is 0 Å². The van der Waals surface area contributed by atoms with E-state index in [2.05, 4.69) is 5.32 Å². The second-order valence-corrected chi connectivity index (χ2v) is 4.74. The minimum absolute atomic E-state index is 0.176. The van der Waals surface area contributed by atoms with Crippen LogP contribution in [0.3, 0.4) is 0 Å². The Morgan fingerprint density at radius 1 is 1.26 bits per heavy atom. The van der Waals surface area contributed by atoms with Crippen molar-refractivity contribution in [1.82, 2.24) is 0 Å². The van der Waals surface area contributed by atoms with Gasteiger partial charge in [0.1, 0.15) is 11.6 Å². The number of carbonyl (C=O) groups is 1. The van der Waals surface area contributed by atoms with Gasteiger partial charge in [0.15, 0.2) is 6.61 Å². The van der Waals surface area contributed by atoms with Gasteiger partial charge in [-0.1, -0.05) is 11.6 Å². The number of anilines is 1. The molecule has 2 rings (SSSR count). The molecule has 0 spiro atoms. The van der Waals surface area contributed by atoms with Crippen molar-refractivity contribution in [2.45, 2.75) is 0 Å². The lowest BCUT2D eigenvalue weighted by atomic mass is 10.3. The summed E-state index contributed by atoms with van der Waals surface area (Å²) in [5.41, 5.74) is -0.247. The maximum atomic E-state index is 13.1. The number of nitro benzene ring substituents is 1. The first kappa shape index (κ1) is 16.6. The molecule has 0 fully saturated rings. The van der Waals surface area contributed by atoms with Gasteiger partial charge < -0.3 is 10.1 Å². The maximum absolute atomic E-state index is 13.1. The zero-order valence-electron chi connectivity index (χ0n) is 11.4. The largest absolute Gasteiger partial charge is 0.477 e. The predicted octanol–water partition coefficient (Wildman–Crippen LogP) is 3.54. The van der Waals surface area contributed by atoms with Gasteiger partial charge in [0, 0.05) is 17.8 Å². The Labute approximate surface area is 133 Å². The summed E-state index contributed by atoms with van der Waals surface area (Å²) >= 11 is 5.57. The molecule has 120 valence electrons. The summed E-state index contributed by atoms with van der Waals surface area (Å²) in [5, 5.41) is 13.0. The molecule has 23 heavy (non-hydrogen) atoms. The van der Waals surface area contributed by atoms with Crippen molar-refractivity contribution >= 4 is 28.9 Å². The molecule has 2 aromatic rings. The minimum Gasteiger partial charge on any atom is -0.477 e. The molecule has 0 aromatic heterocycles. The Balaban J connectivity index is 2.03. The van der Waals surface area contributed by atoms with Crippen LogP contribution in [-0.4, -0.2) is 17.4 Å². The number of ether oxygens (including phenoxy) is 1. The molecule has 6 nitrogen and oxygen atoms in total. The van der Waals surface area contributed by atoms with Crippen LogP contribution >= 0.6 is 11.6 Å². The van der Waals surface area contributed by atoms with Gasteiger partial charge in [-0.2, -0.15) is 0 Å². The van der Waals surface area contributed by atoms with Crippen LogP contribution in [0.5, 0.6) is 5.75 Å². The standard InChI is InChI=1S/C14H9ClF2N2O4/c15-10-6-9(2-3-11(10)17)18-14(20)7-23-13-5-8(16)1-4-12(13)19(21)22/h1-6H,7H2,(H,18,20). The zero-order chi connectivity index (χ0) is 17.0. The van der Waals surface area contributed by atoms with Gasteiger partial charge in [0.2, 0.25) is 5.75 Å². The minimum atomic E-state index is -0.758. The van der Waals surface area contributed by atoms with Gasteiger partial charge in [0.05, 0.1) is 9.95 Å². The predicted molar refractivity (Wildman–Crippen MR) is 78.6 cm³/mol. The number of carbonyl (C=O) groups excluding carboxylic acids is 1. The number of nitrogens with one attached hydrogen (secondary N) is 1. The van der Waals surface area contributed by atoms with Crippen molar-refractivity contribution < 1.29 is 23.2 Å². The van der Waals surface area contributed by atoms with E-state index in [-0.39, 0.29) is 16.5 Å². The molecule has 0 bridgehead atoms. The summed E-state index contributed by atoms with van der Waals surface area (Å²) in [6.07, 6.45) is 0. The Morgan fingerprint density at radius 2 is 2.00 bits per heavy atom. The molecule has 1 amide bonds. The topological polar surface area (TPSA) is 81.5 Å². The van der Waals surface area contributed by atoms with Crippen LogP contribution in [0.25, 0.3) is 0 Å². The number of hydrogen-bond donors (Lipinski definition) is 1.